The number of hydrogen-bond donors (Lipinski definition) is 0. The monoisotopic (exact) mass is 363 g/mol. The van der Waals surface area contributed by atoms with E-state index in [-0.39, 0.29) is 23.4 Å². The largest absolute Gasteiger partial charge is 0.337 e. The molecule has 0 unspecified atom stereocenters. The van der Waals surface area contributed by atoms with E-state index in [0.29, 0.717) is 11.1 Å². The van der Waals surface area contributed by atoms with Crippen molar-refractivity contribution in [3.05, 3.63) is 58.7 Å². The van der Waals surface area contributed by atoms with Crippen LogP contribution in [-0.4, -0.2) is 17.9 Å². The Morgan fingerprint density at radius 1 is 1.23 bits per heavy atom. The lowest BCUT2D eigenvalue weighted by Gasteiger charge is -2.30. The summed E-state index contributed by atoms with van der Waals surface area (Å²) in [5.74, 6) is -2.04. The molecule has 144 valence electrons. The van der Waals surface area contributed by atoms with Gasteiger partial charge in [-0.25, -0.2) is 8.78 Å². The topological polar surface area (TPSA) is 20.3 Å². The molecule has 0 bridgehead atoms. The number of carbonyl (C=O) groups is 1. The molecule has 2 nitrogen and oxygen atoms in total. The van der Waals surface area contributed by atoms with Gasteiger partial charge in [0.15, 0.2) is 11.6 Å². The summed E-state index contributed by atoms with van der Waals surface area (Å²) in [4.78, 5) is 14.5. The number of amides is 1. The summed E-state index contributed by atoms with van der Waals surface area (Å²) in [6, 6.07) is 4.01. The second-order valence-corrected chi connectivity index (χ2v) is 7.64. The number of likely N-dealkylation sites (N-methyl/N-ethyl adjacent to an activating group) is 1. The molecular weight excluding hydrogens is 332 g/mol. The number of rotatable bonds is 8. The van der Waals surface area contributed by atoms with Gasteiger partial charge in [0.1, 0.15) is 0 Å². The molecule has 26 heavy (non-hydrogen) atoms. The molecule has 0 aromatic heterocycles. The van der Waals surface area contributed by atoms with E-state index in [4.69, 9.17) is 0 Å². The van der Waals surface area contributed by atoms with E-state index in [0.717, 1.165) is 30.9 Å². The van der Waals surface area contributed by atoms with Crippen LogP contribution in [0, 0.1) is 17.0 Å². The fraction of sp³-hybridized carbons (Fsp3) is 0.500. The lowest BCUT2D eigenvalue weighted by atomic mass is 9.77. The van der Waals surface area contributed by atoms with Crippen molar-refractivity contribution in [1.82, 2.24) is 4.90 Å². The highest BCUT2D eigenvalue weighted by atomic mass is 19.2. The van der Waals surface area contributed by atoms with Crippen molar-refractivity contribution in [2.24, 2.45) is 5.41 Å². The van der Waals surface area contributed by atoms with Crippen LogP contribution in [0.15, 0.2) is 41.5 Å². The van der Waals surface area contributed by atoms with Crippen LogP contribution < -0.4 is 0 Å². The fourth-order valence-electron chi connectivity index (χ4n) is 3.00. The van der Waals surface area contributed by atoms with Crippen LogP contribution in [0.3, 0.4) is 0 Å². The fourth-order valence-corrected chi connectivity index (χ4v) is 3.00. The average molecular weight is 363 g/mol. The van der Waals surface area contributed by atoms with E-state index in [1.54, 1.807) is 7.05 Å². The highest BCUT2D eigenvalue weighted by Gasteiger charge is 2.27. The van der Waals surface area contributed by atoms with Crippen LogP contribution in [-0.2, 0) is 11.3 Å². The molecule has 0 radical (unpaired) electrons. The van der Waals surface area contributed by atoms with Crippen molar-refractivity contribution in [2.75, 3.05) is 7.05 Å². The van der Waals surface area contributed by atoms with Crippen LogP contribution in [0.5, 0.6) is 0 Å². The molecule has 0 aliphatic rings. The number of benzene rings is 1. The summed E-state index contributed by atoms with van der Waals surface area (Å²) < 4.78 is 27.3. The Morgan fingerprint density at radius 3 is 2.38 bits per heavy atom. The van der Waals surface area contributed by atoms with Gasteiger partial charge in [0.05, 0.1) is 0 Å². The Kier molecular flexibility index (Phi) is 7.73. The predicted octanol–water partition coefficient (Wildman–Crippen LogP) is 6.03. The van der Waals surface area contributed by atoms with Crippen molar-refractivity contribution < 1.29 is 13.6 Å². The molecule has 1 rings (SSSR count). The zero-order valence-corrected chi connectivity index (χ0v) is 16.9. The standard InChI is InChI=1S/C22H31F2NO/c1-8-9-13-22(5,6)16(4)19(15(2)3)21(26)25(7)14-17-11-10-12-18(23)20(17)24/h10-12H,2,8-9,13-14H2,1,3-7H3/b19-16-. The lowest BCUT2D eigenvalue weighted by molar-refractivity contribution is -0.126. The molecule has 0 heterocycles. The van der Waals surface area contributed by atoms with Crippen LogP contribution in [0.1, 0.15) is 59.4 Å². The maximum atomic E-state index is 13.9. The molecule has 1 aromatic carbocycles. The third kappa shape index (κ3) is 5.26. The van der Waals surface area contributed by atoms with Gasteiger partial charge >= 0.3 is 0 Å². The maximum absolute atomic E-state index is 13.9. The lowest BCUT2D eigenvalue weighted by Crippen LogP contribution is -2.31. The Labute approximate surface area is 156 Å². The molecule has 0 aliphatic carbocycles. The molecule has 0 fully saturated rings. The van der Waals surface area contributed by atoms with E-state index >= 15 is 0 Å². The number of halogens is 2. The molecule has 0 N–H and O–H groups in total. The Bertz CT molecular complexity index is 704. The zero-order chi connectivity index (χ0) is 20.1. The van der Waals surface area contributed by atoms with Gasteiger partial charge in [-0.05, 0) is 37.3 Å². The van der Waals surface area contributed by atoms with Gasteiger partial charge in [0.25, 0.3) is 5.91 Å². The second kappa shape index (κ2) is 9.11. The highest BCUT2D eigenvalue weighted by Crippen LogP contribution is 2.36. The van der Waals surface area contributed by atoms with Gasteiger partial charge in [-0.2, -0.15) is 0 Å². The van der Waals surface area contributed by atoms with E-state index in [1.165, 1.54) is 17.0 Å². The van der Waals surface area contributed by atoms with E-state index < -0.39 is 11.6 Å². The van der Waals surface area contributed by atoms with Gasteiger partial charge in [0.2, 0.25) is 0 Å². The van der Waals surface area contributed by atoms with E-state index in [9.17, 15) is 13.6 Å². The minimum atomic E-state index is -0.909. The molecule has 0 aliphatic heterocycles. The predicted molar refractivity (Wildman–Crippen MR) is 104 cm³/mol. The Hall–Kier alpha value is -1.97. The minimum absolute atomic E-state index is 0.00186. The smallest absolute Gasteiger partial charge is 0.254 e. The zero-order valence-electron chi connectivity index (χ0n) is 16.9. The van der Waals surface area contributed by atoms with Crippen LogP contribution >= 0.6 is 0 Å². The first-order valence-electron chi connectivity index (χ1n) is 9.08. The summed E-state index contributed by atoms with van der Waals surface area (Å²) in [7, 11) is 1.60. The quantitative estimate of drug-likeness (QED) is 0.408. The normalized spacial score (nSPS) is 12.6. The third-order valence-electron chi connectivity index (χ3n) is 4.97. The van der Waals surface area contributed by atoms with Crippen molar-refractivity contribution in [1.29, 1.82) is 0 Å². The highest BCUT2D eigenvalue weighted by molar-refractivity contribution is 5.98. The molecule has 1 amide bonds. The molecule has 0 atom stereocenters. The van der Waals surface area contributed by atoms with Crippen molar-refractivity contribution in [2.45, 2.75) is 60.4 Å². The van der Waals surface area contributed by atoms with Gasteiger partial charge in [-0.3, -0.25) is 4.79 Å². The van der Waals surface area contributed by atoms with Gasteiger partial charge in [-0.1, -0.05) is 57.9 Å². The maximum Gasteiger partial charge on any atom is 0.254 e. The summed E-state index contributed by atoms with van der Waals surface area (Å²) in [5, 5.41) is 0. The first kappa shape index (κ1) is 22.1. The van der Waals surface area contributed by atoms with Gasteiger partial charge < -0.3 is 4.90 Å². The molecule has 0 saturated carbocycles. The van der Waals surface area contributed by atoms with Gasteiger partial charge in [0, 0.05) is 24.7 Å². The first-order chi connectivity index (χ1) is 12.0. The third-order valence-corrected chi connectivity index (χ3v) is 4.97. The molecule has 1 aromatic rings. The number of hydrogen-bond acceptors (Lipinski definition) is 1. The second-order valence-electron chi connectivity index (χ2n) is 7.64. The number of allylic oxidation sites excluding steroid dienone is 1. The summed E-state index contributed by atoms with van der Waals surface area (Å²) in [6.07, 6.45) is 3.14. The Balaban J connectivity index is 3.16. The molecule has 0 saturated heterocycles. The Morgan fingerprint density at radius 2 is 1.85 bits per heavy atom. The summed E-state index contributed by atoms with van der Waals surface area (Å²) >= 11 is 0. The summed E-state index contributed by atoms with van der Waals surface area (Å²) in [5.41, 5.74) is 2.26. The van der Waals surface area contributed by atoms with E-state index in [2.05, 4.69) is 27.4 Å². The van der Waals surface area contributed by atoms with Crippen LogP contribution in [0.25, 0.3) is 0 Å². The molecule has 0 spiro atoms. The van der Waals surface area contributed by atoms with Crippen molar-refractivity contribution in [3.63, 3.8) is 0 Å². The van der Waals surface area contributed by atoms with Crippen LogP contribution in [0.2, 0.25) is 0 Å². The SMILES string of the molecule is C=C(C)/C(C(=O)N(C)Cc1cccc(F)c1F)=C(\C)C(C)(C)CCCC. The number of carbonyl (C=O) groups excluding carboxylic acids is 1. The summed E-state index contributed by atoms with van der Waals surface area (Å²) in [6.45, 7) is 14.1. The average Bonchev–Trinajstić information content (AvgIpc) is 2.56. The molecule has 4 heteroatoms. The first-order valence-corrected chi connectivity index (χ1v) is 9.08. The van der Waals surface area contributed by atoms with E-state index in [1.807, 2.05) is 13.8 Å². The van der Waals surface area contributed by atoms with Crippen molar-refractivity contribution >= 4 is 5.91 Å². The molecular formula is C22H31F2NO. The number of unbranched alkanes of at least 4 members (excludes halogenated alkanes) is 1. The van der Waals surface area contributed by atoms with Gasteiger partial charge in [-0.15, -0.1) is 0 Å². The minimum Gasteiger partial charge on any atom is -0.337 e. The number of nitrogens with zero attached hydrogens (tertiary/aromatic N) is 1. The van der Waals surface area contributed by atoms with Crippen LogP contribution in [0.4, 0.5) is 8.78 Å². The van der Waals surface area contributed by atoms with Crippen molar-refractivity contribution in [3.8, 4) is 0 Å².